The lowest BCUT2D eigenvalue weighted by atomic mass is 9.82. The maximum atomic E-state index is 13.2. The lowest BCUT2D eigenvalue weighted by molar-refractivity contribution is -0.00922. The first-order chi connectivity index (χ1) is 8.38. The number of benzene rings is 1. The van der Waals surface area contributed by atoms with E-state index in [4.69, 9.17) is 4.74 Å². The zero-order chi connectivity index (χ0) is 13.8. The fraction of sp³-hybridized carbons (Fsp3) is 0.600. The standard InChI is InChI=1S/C15H24FNO/c1-15(2,3)14(18-5)13(17-4)10-11-7-6-8-12(16)9-11/h6-9,13-14,17H,10H2,1-5H3. The molecule has 0 aromatic heterocycles. The van der Waals surface area contributed by atoms with Gasteiger partial charge in [0.25, 0.3) is 0 Å². The molecule has 2 nitrogen and oxygen atoms in total. The van der Waals surface area contributed by atoms with Gasteiger partial charge in [-0.1, -0.05) is 32.9 Å². The van der Waals surface area contributed by atoms with E-state index in [1.165, 1.54) is 6.07 Å². The van der Waals surface area contributed by atoms with E-state index in [0.29, 0.717) is 0 Å². The number of methoxy groups -OCH3 is 1. The minimum Gasteiger partial charge on any atom is -0.379 e. The zero-order valence-corrected chi connectivity index (χ0v) is 12.0. The van der Waals surface area contributed by atoms with Gasteiger partial charge in [0.05, 0.1) is 6.10 Å². The van der Waals surface area contributed by atoms with Gasteiger partial charge in [0.1, 0.15) is 5.82 Å². The number of likely N-dealkylation sites (N-methyl/N-ethyl adjacent to an activating group) is 1. The molecule has 0 fully saturated rings. The van der Waals surface area contributed by atoms with Crippen molar-refractivity contribution < 1.29 is 9.13 Å². The van der Waals surface area contributed by atoms with Crippen LogP contribution in [0.1, 0.15) is 26.3 Å². The van der Waals surface area contributed by atoms with Crippen molar-refractivity contribution in [3.05, 3.63) is 35.6 Å². The third-order valence-electron chi connectivity index (χ3n) is 3.19. The van der Waals surface area contributed by atoms with Crippen molar-refractivity contribution in [2.45, 2.75) is 39.3 Å². The molecule has 0 spiro atoms. The molecule has 2 atom stereocenters. The van der Waals surface area contributed by atoms with Crippen LogP contribution in [0.25, 0.3) is 0 Å². The number of halogens is 1. The third kappa shape index (κ3) is 4.07. The van der Waals surface area contributed by atoms with Gasteiger partial charge in [-0.05, 0) is 36.6 Å². The summed E-state index contributed by atoms with van der Waals surface area (Å²) < 4.78 is 18.8. The highest BCUT2D eigenvalue weighted by Crippen LogP contribution is 2.26. The van der Waals surface area contributed by atoms with Crippen LogP contribution in [0.3, 0.4) is 0 Å². The van der Waals surface area contributed by atoms with Crippen molar-refractivity contribution in [1.82, 2.24) is 5.32 Å². The molecule has 2 unspecified atom stereocenters. The molecule has 0 radical (unpaired) electrons. The second-order valence-electron chi connectivity index (χ2n) is 5.75. The summed E-state index contributed by atoms with van der Waals surface area (Å²) in [5.74, 6) is -0.188. The monoisotopic (exact) mass is 253 g/mol. The van der Waals surface area contributed by atoms with Gasteiger partial charge in [0.15, 0.2) is 0 Å². The van der Waals surface area contributed by atoms with Crippen molar-refractivity contribution in [3.8, 4) is 0 Å². The van der Waals surface area contributed by atoms with Crippen LogP contribution in [0.2, 0.25) is 0 Å². The van der Waals surface area contributed by atoms with Gasteiger partial charge in [-0.2, -0.15) is 0 Å². The molecular weight excluding hydrogens is 229 g/mol. The highest BCUT2D eigenvalue weighted by Gasteiger charge is 2.31. The van der Waals surface area contributed by atoms with Crippen LogP contribution in [0, 0.1) is 11.2 Å². The molecule has 1 rings (SSSR count). The van der Waals surface area contributed by atoms with Crippen molar-refractivity contribution in [3.63, 3.8) is 0 Å². The van der Waals surface area contributed by atoms with Crippen LogP contribution < -0.4 is 5.32 Å². The normalized spacial score (nSPS) is 15.4. The molecular formula is C15H24FNO. The van der Waals surface area contributed by atoms with Crippen LogP contribution in [-0.2, 0) is 11.2 Å². The lowest BCUT2D eigenvalue weighted by Gasteiger charge is -2.36. The Labute approximate surface area is 110 Å². The van der Waals surface area contributed by atoms with Crippen LogP contribution in [0.4, 0.5) is 4.39 Å². The van der Waals surface area contributed by atoms with Crippen LogP contribution in [0.5, 0.6) is 0 Å². The molecule has 1 aromatic rings. The van der Waals surface area contributed by atoms with Crippen LogP contribution in [0.15, 0.2) is 24.3 Å². The van der Waals surface area contributed by atoms with Gasteiger partial charge in [-0.25, -0.2) is 4.39 Å². The van der Waals surface area contributed by atoms with E-state index in [0.717, 1.165) is 12.0 Å². The molecule has 1 aromatic carbocycles. The summed E-state index contributed by atoms with van der Waals surface area (Å²) in [6, 6.07) is 6.91. The highest BCUT2D eigenvalue weighted by molar-refractivity contribution is 5.18. The quantitative estimate of drug-likeness (QED) is 0.871. The van der Waals surface area contributed by atoms with E-state index in [-0.39, 0.29) is 23.4 Å². The summed E-state index contributed by atoms with van der Waals surface area (Å²) >= 11 is 0. The molecule has 0 saturated heterocycles. The Morgan fingerprint density at radius 2 is 2.00 bits per heavy atom. The molecule has 0 heterocycles. The van der Waals surface area contributed by atoms with E-state index in [1.54, 1.807) is 19.2 Å². The average molecular weight is 253 g/mol. The summed E-state index contributed by atoms with van der Waals surface area (Å²) in [4.78, 5) is 0. The number of nitrogens with one attached hydrogen (secondary N) is 1. The van der Waals surface area contributed by atoms with E-state index in [1.807, 2.05) is 13.1 Å². The minimum absolute atomic E-state index is 0.0375. The molecule has 0 aliphatic rings. The molecule has 0 aliphatic heterocycles. The molecule has 0 aliphatic carbocycles. The van der Waals surface area contributed by atoms with E-state index in [9.17, 15) is 4.39 Å². The molecule has 1 N–H and O–H groups in total. The predicted molar refractivity (Wildman–Crippen MR) is 73.2 cm³/mol. The predicted octanol–water partition coefficient (Wildman–Crippen LogP) is 3.02. The van der Waals surface area contributed by atoms with Crippen molar-refractivity contribution in [1.29, 1.82) is 0 Å². The second-order valence-corrected chi connectivity index (χ2v) is 5.75. The summed E-state index contributed by atoms with van der Waals surface area (Å²) in [6.45, 7) is 6.45. The molecule has 0 bridgehead atoms. The van der Waals surface area contributed by atoms with Crippen molar-refractivity contribution >= 4 is 0 Å². The number of hydrogen-bond donors (Lipinski definition) is 1. The Morgan fingerprint density at radius 1 is 1.33 bits per heavy atom. The minimum atomic E-state index is -0.188. The molecule has 18 heavy (non-hydrogen) atoms. The summed E-state index contributed by atoms with van der Waals surface area (Å²) in [5.41, 5.74) is 1.02. The topological polar surface area (TPSA) is 21.3 Å². The van der Waals surface area contributed by atoms with Gasteiger partial charge in [0, 0.05) is 13.2 Å². The van der Waals surface area contributed by atoms with Crippen LogP contribution in [-0.4, -0.2) is 26.3 Å². The molecule has 102 valence electrons. The fourth-order valence-corrected chi connectivity index (χ4v) is 2.40. The largest absolute Gasteiger partial charge is 0.379 e. The van der Waals surface area contributed by atoms with Gasteiger partial charge >= 0.3 is 0 Å². The van der Waals surface area contributed by atoms with E-state index >= 15 is 0 Å². The third-order valence-corrected chi connectivity index (χ3v) is 3.19. The van der Waals surface area contributed by atoms with E-state index in [2.05, 4.69) is 26.1 Å². The average Bonchev–Trinajstić information content (AvgIpc) is 2.26. The number of ether oxygens (including phenoxy) is 1. The second kappa shape index (κ2) is 6.30. The lowest BCUT2D eigenvalue weighted by Crippen LogP contribution is -2.47. The zero-order valence-electron chi connectivity index (χ0n) is 12.0. The van der Waals surface area contributed by atoms with Crippen molar-refractivity contribution in [2.75, 3.05) is 14.2 Å². The smallest absolute Gasteiger partial charge is 0.123 e. The van der Waals surface area contributed by atoms with Crippen LogP contribution >= 0.6 is 0 Å². The van der Waals surface area contributed by atoms with Crippen molar-refractivity contribution in [2.24, 2.45) is 5.41 Å². The first kappa shape index (κ1) is 15.1. The van der Waals surface area contributed by atoms with E-state index < -0.39 is 0 Å². The van der Waals surface area contributed by atoms with Gasteiger partial charge < -0.3 is 10.1 Å². The summed E-state index contributed by atoms with van der Waals surface area (Å²) in [6.07, 6.45) is 0.829. The molecule has 3 heteroatoms. The Balaban J connectivity index is 2.84. The number of hydrogen-bond acceptors (Lipinski definition) is 2. The first-order valence-electron chi connectivity index (χ1n) is 6.33. The molecule has 0 amide bonds. The number of rotatable bonds is 5. The fourth-order valence-electron chi connectivity index (χ4n) is 2.40. The van der Waals surface area contributed by atoms with Gasteiger partial charge in [-0.15, -0.1) is 0 Å². The Bertz CT molecular complexity index is 373. The summed E-state index contributed by atoms with van der Waals surface area (Å²) in [5, 5.41) is 3.28. The Kier molecular flexibility index (Phi) is 5.29. The first-order valence-corrected chi connectivity index (χ1v) is 6.33. The highest BCUT2D eigenvalue weighted by atomic mass is 19.1. The maximum absolute atomic E-state index is 13.2. The molecule has 0 saturated carbocycles. The van der Waals surface area contributed by atoms with Gasteiger partial charge in [-0.3, -0.25) is 0 Å². The summed E-state index contributed by atoms with van der Waals surface area (Å²) in [7, 11) is 3.65. The SMILES string of the molecule is CNC(Cc1cccc(F)c1)C(OC)C(C)(C)C. The van der Waals surface area contributed by atoms with Gasteiger partial charge in [0.2, 0.25) is 0 Å². The maximum Gasteiger partial charge on any atom is 0.123 e. The Hall–Kier alpha value is -0.930. The Morgan fingerprint density at radius 3 is 2.44 bits per heavy atom.